The van der Waals surface area contributed by atoms with E-state index in [1.165, 1.54) is 133 Å². The molecule has 2 heteroatoms. The van der Waals surface area contributed by atoms with Gasteiger partial charge < -0.3 is 9.13 Å². The van der Waals surface area contributed by atoms with Gasteiger partial charge in [-0.1, -0.05) is 243 Å². The fraction of sp³-hybridized carbons (Fsp3) is 0. The van der Waals surface area contributed by atoms with Crippen molar-refractivity contribution in [1.82, 2.24) is 9.13 Å². The smallest absolute Gasteiger partial charge is 0.0541 e. The molecule has 15 aromatic rings. The Labute approximate surface area is 466 Å². The minimum absolute atomic E-state index is 1.14. The molecule has 0 saturated carbocycles. The fourth-order valence-electron chi connectivity index (χ4n) is 12.2. The molecule has 0 bridgehead atoms. The lowest BCUT2D eigenvalue weighted by atomic mass is 9.92. The highest BCUT2D eigenvalue weighted by molar-refractivity contribution is 6.13. The predicted molar refractivity (Wildman–Crippen MR) is 339 cm³/mol. The first kappa shape index (κ1) is 46.7. The van der Waals surface area contributed by atoms with Gasteiger partial charge in [0.15, 0.2) is 0 Å². The first-order valence-corrected chi connectivity index (χ1v) is 27.5. The zero-order chi connectivity index (χ0) is 52.9. The molecule has 13 aromatic carbocycles. The number of hydrogen-bond donors (Lipinski definition) is 0. The molecule has 0 amide bonds. The Kier molecular flexibility index (Phi) is 11.6. The van der Waals surface area contributed by atoms with Crippen LogP contribution in [0, 0.1) is 0 Å². The average molecular weight is 1020 g/mol. The molecular weight excluding hydrogens is 965 g/mol. The molecule has 0 saturated heterocycles. The van der Waals surface area contributed by atoms with Crippen LogP contribution in [0.15, 0.2) is 315 Å². The second kappa shape index (κ2) is 19.8. The van der Waals surface area contributed by atoms with E-state index in [0.717, 1.165) is 11.4 Å². The summed E-state index contributed by atoms with van der Waals surface area (Å²) in [6.07, 6.45) is 0. The van der Waals surface area contributed by atoms with Crippen LogP contribution in [0.5, 0.6) is 0 Å². The van der Waals surface area contributed by atoms with E-state index in [0.29, 0.717) is 0 Å². The van der Waals surface area contributed by atoms with E-state index < -0.39 is 0 Å². The summed E-state index contributed by atoms with van der Waals surface area (Å²) in [4.78, 5) is 0. The molecule has 0 spiro atoms. The van der Waals surface area contributed by atoms with E-state index in [4.69, 9.17) is 0 Å². The van der Waals surface area contributed by atoms with E-state index in [-0.39, 0.29) is 0 Å². The molecular formula is C78H52N2. The lowest BCUT2D eigenvalue weighted by Gasteiger charge is -2.12. The topological polar surface area (TPSA) is 9.86 Å². The zero-order valence-electron chi connectivity index (χ0n) is 43.9. The Bertz CT molecular complexity index is 4770. The van der Waals surface area contributed by atoms with Gasteiger partial charge >= 0.3 is 0 Å². The highest BCUT2D eigenvalue weighted by Crippen LogP contribution is 2.41. The summed E-state index contributed by atoms with van der Waals surface area (Å²) >= 11 is 0. The number of benzene rings is 13. The van der Waals surface area contributed by atoms with Crippen LogP contribution in [0.25, 0.3) is 144 Å². The highest BCUT2D eigenvalue weighted by atomic mass is 15.0. The highest BCUT2D eigenvalue weighted by Gasteiger charge is 2.18. The van der Waals surface area contributed by atoms with Gasteiger partial charge in [-0.3, -0.25) is 0 Å². The number of para-hydroxylation sites is 2. The lowest BCUT2D eigenvalue weighted by molar-refractivity contribution is 1.18. The van der Waals surface area contributed by atoms with Gasteiger partial charge in [-0.05, 0) is 162 Å². The van der Waals surface area contributed by atoms with Crippen molar-refractivity contribution in [2.24, 2.45) is 0 Å². The van der Waals surface area contributed by atoms with Gasteiger partial charge in [0.1, 0.15) is 0 Å². The lowest BCUT2D eigenvalue weighted by Crippen LogP contribution is -1.94. The molecule has 0 atom stereocenters. The normalized spacial score (nSPS) is 11.5. The Morgan fingerprint density at radius 3 is 1.00 bits per heavy atom. The SMILES string of the molecule is c1ccc(-c2ccc(-n3c4ccccc4c4cc(-c5ccc6c(c5)c5ccccc5n6-c5cccc(-c6ccc(-c7ccc(-c8cccc(-c9cccc(-c%10ccccc%10-c%10ccccc%10)c9)c8)cc7)cc6)c5)ccc43)cc2)cc1. The maximum absolute atomic E-state index is 2.42. The van der Waals surface area contributed by atoms with E-state index in [1.807, 2.05) is 0 Å². The second-order valence-electron chi connectivity index (χ2n) is 20.9. The molecule has 0 fully saturated rings. The van der Waals surface area contributed by atoms with Gasteiger partial charge in [-0.2, -0.15) is 0 Å². The summed E-state index contributed by atoms with van der Waals surface area (Å²) in [6, 6.07) is 115. The quantitative estimate of drug-likeness (QED) is 0.129. The largest absolute Gasteiger partial charge is 0.309 e. The van der Waals surface area contributed by atoms with Gasteiger partial charge in [0.05, 0.1) is 22.1 Å². The van der Waals surface area contributed by atoms with Crippen LogP contribution < -0.4 is 0 Å². The van der Waals surface area contributed by atoms with E-state index in [1.54, 1.807) is 0 Å². The summed E-state index contributed by atoms with van der Waals surface area (Å²) in [5, 5.41) is 4.96. The average Bonchev–Trinajstić information content (AvgIpc) is 4.24. The van der Waals surface area contributed by atoms with Crippen LogP contribution >= 0.6 is 0 Å². The molecule has 0 aliphatic carbocycles. The van der Waals surface area contributed by atoms with Crippen molar-refractivity contribution in [2.75, 3.05) is 0 Å². The van der Waals surface area contributed by atoms with Crippen LogP contribution in [-0.4, -0.2) is 9.13 Å². The third-order valence-electron chi connectivity index (χ3n) is 16.2. The second-order valence-corrected chi connectivity index (χ2v) is 20.9. The Morgan fingerprint density at radius 2 is 0.463 bits per heavy atom. The Morgan fingerprint density at radius 1 is 0.150 bits per heavy atom. The van der Waals surface area contributed by atoms with Gasteiger partial charge in [-0.15, -0.1) is 0 Å². The maximum Gasteiger partial charge on any atom is 0.0541 e. The molecule has 0 aliphatic heterocycles. The number of aromatic nitrogens is 2. The van der Waals surface area contributed by atoms with Crippen molar-refractivity contribution in [3.63, 3.8) is 0 Å². The summed E-state index contributed by atoms with van der Waals surface area (Å²) < 4.78 is 4.82. The standard InChI is InChI=1S/C78H52N2/c1-3-16-53(17-4-1)56-40-44-67(45-41-56)79-75-30-11-9-28-71(75)73-51-64(42-46-77(73)79)65-43-47-78-74(52-65)72-29-10-12-31-76(72)80(78)68-25-15-23-63(50-68)58-38-34-55(35-39-58)54-32-36-57(37-33-54)60-20-13-21-61(48-60)62-22-14-24-66(49-62)70-27-8-7-26-69(70)59-18-5-2-6-19-59/h1-52H. The molecule has 374 valence electrons. The van der Waals surface area contributed by atoms with Crippen molar-refractivity contribution in [3.8, 4) is 100 Å². The van der Waals surface area contributed by atoms with E-state index >= 15 is 0 Å². The Hall–Kier alpha value is -10.5. The van der Waals surface area contributed by atoms with Crippen molar-refractivity contribution >= 4 is 43.6 Å². The monoisotopic (exact) mass is 1020 g/mol. The molecule has 2 heterocycles. The zero-order valence-corrected chi connectivity index (χ0v) is 43.9. The van der Waals surface area contributed by atoms with Crippen LogP contribution in [0.4, 0.5) is 0 Å². The molecule has 0 radical (unpaired) electrons. The molecule has 2 aromatic heterocycles. The van der Waals surface area contributed by atoms with E-state index in [9.17, 15) is 0 Å². The van der Waals surface area contributed by atoms with Crippen molar-refractivity contribution in [3.05, 3.63) is 315 Å². The predicted octanol–water partition coefficient (Wildman–Crippen LogP) is 21.2. The minimum Gasteiger partial charge on any atom is -0.309 e. The fourth-order valence-corrected chi connectivity index (χ4v) is 12.2. The minimum atomic E-state index is 1.14. The third-order valence-corrected chi connectivity index (χ3v) is 16.2. The summed E-state index contributed by atoms with van der Waals surface area (Å²) in [7, 11) is 0. The van der Waals surface area contributed by atoms with Crippen LogP contribution in [0.1, 0.15) is 0 Å². The molecule has 0 unspecified atom stereocenters. The van der Waals surface area contributed by atoms with Crippen molar-refractivity contribution in [2.45, 2.75) is 0 Å². The molecule has 2 nitrogen and oxygen atoms in total. The Balaban J connectivity index is 0.694. The van der Waals surface area contributed by atoms with Crippen LogP contribution in [-0.2, 0) is 0 Å². The summed E-state index contributed by atoms with van der Waals surface area (Å²) in [5.41, 5.74) is 26.3. The number of nitrogens with zero attached hydrogens (tertiary/aromatic N) is 2. The molecule has 0 aliphatic rings. The summed E-state index contributed by atoms with van der Waals surface area (Å²) in [6.45, 7) is 0. The molecule has 0 N–H and O–H groups in total. The first-order chi connectivity index (χ1) is 39.6. The first-order valence-electron chi connectivity index (χ1n) is 27.5. The third kappa shape index (κ3) is 8.39. The summed E-state index contributed by atoms with van der Waals surface area (Å²) in [5.74, 6) is 0. The van der Waals surface area contributed by atoms with Gasteiger partial charge in [0, 0.05) is 32.9 Å². The van der Waals surface area contributed by atoms with Crippen molar-refractivity contribution < 1.29 is 0 Å². The van der Waals surface area contributed by atoms with Crippen LogP contribution in [0.3, 0.4) is 0 Å². The molecule has 80 heavy (non-hydrogen) atoms. The maximum atomic E-state index is 2.42. The van der Waals surface area contributed by atoms with Gasteiger partial charge in [-0.25, -0.2) is 0 Å². The van der Waals surface area contributed by atoms with Crippen molar-refractivity contribution in [1.29, 1.82) is 0 Å². The van der Waals surface area contributed by atoms with Gasteiger partial charge in [0.2, 0.25) is 0 Å². The van der Waals surface area contributed by atoms with Gasteiger partial charge in [0.25, 0.3) is 0 Å². The number of rotatable bonds is 10. The van der Waals surface area contributed by atoms with Crippen LogP contribution in [0.2, 0.25) is 0 Å². The molecule has 15 rings (SSSR count). The van der Waals surface area contributed by atoms with E-state index in [2.05, 4.69) is 325 Å². The number of hydrogen-bond acceptors (Lipinski definition) is 0. The number of fused-ring (bicyclic) bond motifs is 6.